The summed E-state index contributed by atoms with van der Waals surface area (Å²) in [6.45, 7) is 5.22. The summed E-state index contributed by atoms with van der Waals surface area (Å²) in [5, 5.41) is 18.6. The molecule has 0 unspecified atom stereocenters. The first-order chi connectivity index (χ1) is 11.7. The molecule has 122 valence electrons. The molecule has 4 rings (SSSR count). The summed E-state index contributed by atoms with van der Waals surface area (Å²) in [5.74, 6) is 2.54. The van der Waals surface area contributed by atoms with Gasteiger partial charge in [-0.3, -0.25) is 0 Å². The normalized spacial score (nSPS) is 12.0. The number of aromatic nitrogens is 6. The molecule has 0 saturated heterocycles. The number of para-hydroxylation sites is 2. The Balaban J connectivity index is 1.73. The zero-order valence-electron chi connectivity index (χ0n) is 13.6. The third-order valence-corrected chi connectivity index (χ3v) is 3.89. The van der Waals surface area contributed by atoms with Gasteiger partial charge in [0.1, 0.15) is 5.82 Å². The maximum Gasteiger partial charge on any atom is 0.224 e. The van der Waals surface area contributed by atoms with E-state index in [0.717, 1.165) is 29.9 Å². The van der Waals surface area contributed by atoms with Crippen molar-refractivity contribution in [3.63, 3.8) is 0 Å². The highest BCUT2D eigenvalue weighted by Gasteiger charge is 2.23. The van der Waals surface area contributed by atoms with E-state index in [9.17, 15) is 0 Å². The fourth-order valence-electron chi connectivity index (χ4n) is 2.61. The van der Waals surface area contributed by atoms with Gasteiger partial charge in [-0.25, -0.2) is 4.98 Å². The molecule has 0 fully saturated rings. The molecule has 0 atom stereocenters. The van der Waals surface area contributed by atoms with Crippen LogP contribution in [0.4, 0.5) is 17.5 Å². The SMILES string of the molecule is CC(C)CCNc1ncc2c(n1)Nc1ccccc1-n1nnnc1-2. The summed E-state index contributed by atoms with van der Waals surface area (Å²) >= 11 is 0. The standard InChI is InChI=1S/C16H18N8/c1-10(2)7-8-17-16-18-9-11-14(20-16)19-12-5-3-4-6-13(12)24-15(11)21-22-23-24/h3-6,9-10H,7-8H2,1-2H3,(H2,17,18,19,20). The van der Waals surface area contributed by atoms with Gasteiger partial charge in [0.05, 0.1) is 16.9 Å². The topological polar surface area (TPSA) is 93.4 Å². The molecular weight excluding hydrogens is 304 g/mol. The monoisotopic (exact) mass is 322 g/mol. The largest absolute Gasteiger partial charge is 0.354 e. The van der Waals surface area contributed by atoms with Gasteiger partial charge < -0.3 is 10.6 Å². The zero-order valence-corrected chi connectivity index (χ0v) is 13.6. The van der Waals surface area contributed by atoms with E-state index >= 15 is 0 Å². The van der Waals surface area contributed by atoms with Crippen LogP contribution in [0.2, 0.25) is 0 Å². The Labute approximate surface area is 139 Å². The van der Waals surface area contributed by atoms with Crippen LogP contribution < -0.4 is 10.6 Å². The van der Waals surface area contributed by atoms with E-state index in [1.165, 1.54) is 0 Å². The van der Waals surface area contributed by atoms with E-state index in [2.05, 4.69) is 50.0 Å². The second kappa shape index (κ2) is 5.88. The minimum absolute atomic E-state index is 0.598. The molecule has 3 heterocycles. The Morgan fingerprint density at radius 2 is 2.12 bits per heavy atom. The van der Waals surface area contributed by atoms with Crippen LogP contribution in [0.5, 0.6) is 0 Å². The number of rotatable bonds is 4. The number of benzene rings is 1. The molecule has 0 saturated carbocycles. The van der Waals surface area contributed by atoms with Crippen molar-refractivity contribution in [2.75, 3.05) is 17.2 Å². The van der Waals surface area contributed by atoms with Crippen LogP contribution in [0.1, 0.15) is 20.3 Å². The molecule has 0 bridgehead atoms. The molecule has 0 aliphatic carbocycles. The third-order valence-electron chi connectivity index (χ3n) is 3.89. The molecule has 1 aliphatic heterocycles. The Hall–Kier alpha value is -3.03. The van der Waals surface area contributed by atoms with Crippen LogP contribution in [0.3, 0.4) is 0 Å². The first kappa shape index (κ1) is 14.6. The maximum atomic E-state index is 4.61. The van der Waals surface area contributed by atoms with Crippen molar-refractivity contribution in [1.82, 2.24) is 30.2 Å². The number of nitrogens with one attached hydrogen (secondary N) is 2. The van der Waals surface area contributed by atoms with Crippen LogP contribution >= 0.6 is 0 Å². The first-order valence-electron chi connectivity index (χ1n) is 7.98. The lowest BCUT2D eigenvalue weighted by molar-refractivity contribution is 0.606. The smallest absolute Gasteiger partial charge is 0.224 e. The van der Waals surface area contributed by atoms with Gasteiger partial charge in [0, 0.05) is 12.7 Å². The lowest BCUT2D eigenvalue weighted by Crippen LogP contribution is -2.09. The number of anilines is 3. The van der Waals surface area contributed by atoms with Crippen LogP contribution in [0, 0.1) is 5.92 Å². The predicted molar refractivity (Wildman–Crippen MR) is 91.4 cm³/mol. The fourth-order valence-corrected chi connectivity index (χ4v) is 2.61. The summed E-state index contributed by atoms with van der Waals surface area (Å²) in [6.07, 6.45) is 2.82. The summed E-state index contributed by atoms with van der Waals surface area (Å²) in [6, 6.07) is 7.85. The molecule has 8 heteroatoms. The molecule has 0 radical (unpaired) electrons. The number of fused-ring (bicyclic) bond motifs is 5. The van der Waals surface area contributed by atoms with Gasteiger partial charge in [0.2, 0.25) is 5.95 Å². The van der Waals surface area contributed by atoms with Crippen molar-refractivity contribution < 1.29 is 0 Å². The Morgan fingerprint density at radius 1 is 1.25 bits per heavy atom. The molecule has 0 spiro atoms. The molecule has 24 heavy (non-hydrogen) atoms. The Kier molecular flexibility index (Phi) is 3.56. The average molecular weight is 322 g/mol. The summed E-state index contributed by atoms with van der Waals surface area (Å²) < 4.78 is 1.70. The van der Waals surface area contributed by atoms with Gasteiger partial charge in [0.15, 0.2) is 5.82 Å². The first-order valence-corrected chi connectivity index (χ1v) is 7.98. The highest BCUT2D eigenvalue weighted by molar-refractivity contribution is 5.81. The number of tetrazole rings is 1. The van der Waals surface area contributed by atoms with E-state index in [0.29, 0.717) is 23.5 Å². The van der Waals surface area contributed by atoms with Crippen LogP contribution in [-0.2, 0) is 0 Å². The van der Waals surface area contributed by atoms with Crippen LogP contribution in [-0.4, -0.2) is 36.7 Å². The van der Waals surface area contributed by atoms with Crippen LogP contribution in [0.15, 0.2) is 30.5 Å². The Bertz CT molecular complexity index is 870. The van der Waals surface area contributed by atoms with E-state index in [1.54, 1.807) is 10.9 Å². The van der Waals surface area contributed by atoms with E-state index in [-0.39, 0.29) is 0 Å². The molecular formula is C16H18N8. The lowest BCUT2D eigenvalue weighted by atomic mass is 10.1. The van der Waals surface area contributed by atoms with Crippen LogP contribution in [0.25, 0.3) is 17.1 Å². The molecule has 2 aromatic heterocycles. The third kappa shape index (κ3) is 2.55. The van der Waals surface area contributed by atoms with Crippen molar-refractivity contribution in [2.24, 2.45) is 5.92 Å². The summed E-state index contributed by atoms with van der Waals surface area (Å²) in [7, 11) is 0. The Morgan fingerprint density at radius 3 is 3.00 bits per heavy atom. The predicted octanol–water partition coefficient (Wildman–Crippen LogP) is 2.63. The van der Waals surface area contributed by atoms with Gasteiger partial charge in [-0.15, -0.1) is 5.10 Å². The summed E-state index contributed by atoms with van der Waals surface area (Å²) in [5.41, 5.74) is 2.55. The van der Waals surface area contributed by atoms with Crippen molar-refractivity contribution in [1.29, 1.82) is 0 Å². The van der Waals surface area contributed by atoms with Gasteiger partial charge in [0.25, 0.3) is 0 Å². The lowest BCUT2D eigenvalue weighted by Gasteiger charge is -2.10. The van der Waals surface area contributed by atoms with Crippen molar-refractivity contribution >= 4 is 17.5 Å². The minimum atomic E-state index is 0.598. The molecule has 2 N–H and O–H groups in total. The van der Waals surface area contributed by atoms with Crippen molar-refractivity contribution in [3.8, 4) is 17.1 Å². The molecule has 0 amide bonds. The number of hydrogen-bond acceptors (Lipinski definition) is 7. The van der Waals surface area contributed by atoms with Gasteiger partial charge >= 0.3 is 0 Å². The second-order valence-corrected chi connectivity index (χ2v) is 6.12. The number of nitrogens with zero attached hydrogens (tertiary/aromatic N) is 6. The van der Waals surface area contributed by atoms with Gasteiger partial charge in [-0.1, -0.05) is 26.0 Å². The molecule has 1 aliphatic rings. The van der Waals surface area contributed by atoms with E-state index in [4.69, 9.17) is 0 Å². The van der Waals surface area contributed by atoms with Gasteiger partial charge in [-0.05, 0) is 34.9 Å². The number of hydrogen-bond donors (Lipinski definition) is 2. The van der Waals surface area contributed by atoms with E-state index in [1.807, 2.05) is 24.3 Å². The average Bonchev–Trinajstić information content (AvgIpc) is 3.00. The highest BCUT2D eigenvalue weighted by atomic mass is 15.5. The van der Waals surface area contributed by atoms with Gasteiger partial charge in [-0.2, -0.15) is 9.67 Å². The molecule has 3 aromatic rings. The van der Waals surface area contributed by atoms with E-state index < -0.39 is 0 Å². The van der Waals surface area contributed by atoms with Crippen molar-refractivity contribution in [3.05, 3.63) is 30.5 Å². The molecule has 1 aromatic carbocycles. The summed E-state index contributed by atoms with van der Waals surface area (Å²) in [4.78, 5) is 9.01. The zero-order chi connectivity index (χ0) is 16.5. The van der Waals surface area contributed by atoms with Crippen molar-refractivity contribution in [2.45, 2.75) is 20.3 Å². The molecule has 8 nitrogen and oxygen atoms in total. The highest BCUT2D eigenvalue weighted by Crippen LogP contribution is 2.35. The maximum absolute atomic E-state index is 4.61. The quantitative estimate of drug-likeness (QED) is 0.596. The second-order valence-electron chi connectivity index (χ2n) is 6.12. The fraction of sp³-hybridized carbons (Fsp3) is 0.312. The minimum Gasteiger partial charge on any atom is -0.354 e.